The number of aryl methyl sites for hydroxylation is 1. The smallest absolute Gasteiger partial charge is 0.227 e. The van der Waals surface area contributed by atoms with Crippen LogP contribution in [0.15, 0.2) is 18.2 Å². The van der Waals surface area contributed by atoms with Crippen LogP contribution < -0.4 is 10.1 Å². The highest BCUT2D eigenvalue weighted by atomic mass is 35.5. The molecule has 1 aromatic carbocycles. The quantitative estimate of drug-likeness (QED) is 0.851. The Labute approximate surface area is 134 Å². The van der Waals surface area contributed by atoms with Crippen molar-refractivity contribution < 1.29 is 4.74 Å². The van der Waals surface area contributed by atoms with E-state index in [0.717, 1.165) is 24.3 Å². The minimum atomic E-state index is 0.482. The molecule has 0 saturated heterocycles. The zero-order chi connectivity index (χ0) is 15.4. The largest absolute Gasteiger partial charge is 0.437 e. The average molecular weight is 326 g/mol. The van der Waals surface area contributed by atoms with Crippen LogP contribution in [-0.4, -0.2) is 16.5 Å². The molecular formula is C15H17Cl2N3O. The van der Waals surface area contributed by atoms with Crippen LogP contribution in [0.2, 0.25) is 10.0 Å². The lowest BCUT2D eigenvalue weighted by atomic mass is 10.3. The summed E-state index contributed by atoms with van der Waals surface area (Å²) in [4.78, 5) is 8.89. The van der Waals surface area contributed by atoms with Crippen LogP contribution in [0.25, 0.3) is 0 Å². The minimum Gasteiger partial charge on any atom is -0.437 e. The number of benzene rings is 1. The van der Waals surface area contributed by atoms with E-state index in [-0.39, 0.29) is 0 Å². The predicted molar refractivity (Wildman–Crippen MR) is 86.8 cm³/mol. The van der Waals surface area contributed by atoms with Gasteiger partial charge in [-0.05, 0) is 26.0 Å². The number of anilines is 1. The van der Waals surface area contributed by atoms with Crippen LogP contribution in [0.3, 0.4) is 0 Å². The maximum absolute atomic E-state index is 6.13. The second-order valence-electron chi connectivity index (χ2n) is 4.48. The summed E-state index contributed by atoms with van der Waals surface area (Å²) in [5, 5.41) is 4.26. The summed E-state index contributed by atoms with van der Waals surface area (Å²) in [5.74, 6) is 2.46. The molecule has 6 heteroatoms. The molecule has 0 spiro atoms. The molecule has 0 unspecified atom stereocenters. The summed E-state index contributed by atoms with van der Waals surface area (Å²) in [6, 6.07) is 5.08. The SMILES string of the molecule is CCNc1nc(CC)nc(Oc2cc(Cl)ccc2Cl)c1C. The fourth-order valence-electron chi connectivity index (χ4n) is 1.80. The van der Waals surface area contributed by atoms with Crippen LogP contribution in [0.4, 0.5) is 5.82 Å². The molecule has 2 aromatic rings. The maximum Gasteiger partial charge on any atom is 0.227 e. The van der Waals surface area contributed by atoms with Crippen LogP contribution >= 0.6 is 23.2 Å². The van der Waals surface area contributed by atoms with E-state index in [1.807, 2.05) is 20.8 Å². The van der Waals surface area contributed by atoms with Crippen LogP contribution in [0.1, 0.15) is 25.2 Å². The third kappa shape index (κ3) is 3.77. The van der Waals surface area contributed by atoms with Gasteiger partial charge >= 0.3 is 0 Å². The van der Waals surface area contributed by atoms with E-state index in [1.165, 1.54) is 0 Å². The van der Waals surface area contributed by atoms with Gasteiger partial charge in [-0.15, -0.1) is 0 Å². The molecule has 1 heterocycles. The Balaban J connectivity index is 2.43. The zero-order valence-corrected chi connectivity index (χ0v) is 13.7. The number of hydrogen-bond acceptors (Lipinski definition) is 4. The second-order valence-corrected chi connectivity index (χ2v) is 5.32. The standard InChI is InChI=1S/C15H17Cl2N3O/c1-4-13-19-14(18-5-2)9(3)15(20-13)21-12-8-10(16)6-7-11(12)17/h6-8H,4-5H2,1-3H3,(H,18,19,20). The van der Waals surface area contributed by atoms with Crippen molar-refractivity contribution in [3.05, 3.63) is 39.6 Å². The highest BCUT2D eigenvalue weighted by Gasteiger charge is 2.13. The van der Waals surface area contributed by atoms with Crippen molar-refractivity contribution >= 4 is 29.0 Å². The number of nitrogens with one attached hydrogen (secondary N) is 1. The average Bonchev–Trinajstić information content (AvgIpc) is 2.47. The Kier molecular flexibility index (Phi) is 5.26. The Morgan fingerprint density at radius 2 is 1.95 bits per heavy atom. The van der Waals surface area contributed by atoms with E-state index in [4.69, 9.17) is 27.9 Å². The van der Waals surface area contributed by atoms with Crippen molar-refractivity contribution in [1.29, 1.82) is 0 Å². The van der Waals surface area contributed by atoms with Gasteiger partial charge in [-0.1, -0.05) is 30.1 Å². The number of aromatic nitrogens is 2. The third-order valence-corrected chi connectivity index (χ3v) is 3.46. The Morgan fingerprint density at radius 1 is 1.19 bits per heavy atom. The third-order valence-electron chi connectivity index (χ3n) is 2.91. The second kappa shape index (κ2) is 6.96. The number of halogens is 2. The Bertz CT molecular complexity index is 647. The van der Waals surface area contributed by atoms with Crippen molar-refractivity contribution in [1.82, 2.24) is 9.97 Å². The lowest BCUT2D eigenvalue weighted by Gasteiger charge is -2.14. The molecule has 1 N–H and O–H groups in total. The molecule has 0 bridgehead atoms. The fourth-order valence-corrected chi connectivity index (χ4v) is 2.12. The number of hydrogen-bond donors (Lipinski definition) is 1. The summed E-state index contributed by atoms with van der Waals surface area (Å²) in [6.45, 7) is 6.70. The summed E-state index contributed by atoms with van der Waals surface area (Å²) < 4.78 is 5.84. The number of nitrogens with zero attached hydrogens (tertiary/aromatic N) is 2. The highest BCUT2D eigenvalue weighted by molar-refractivity contribution is 6.34. The molecule has 4 nitrogen and oxygen atoms in total. The molecule has 0 aliphatic heterocycles. The zero-order valence-electron chi connectivity index (χ0n) is 12.2. The lowest BCUT2D eigenvalue weighted by Crippen LogP contribution is -2.07. The fraction of sp³-hybridized carbons (Fsp3) is 0.333. The van der Waals surface area contributed by atoms with Crippen molar-refractivity contribution in [2.45, 2.75) is 27.2 Å². The molecule has 0 fully saturated rings. The van der Waals surface area contributed by atoms with E-state index in [1.54, 1.807) is 18.2 Å². The topological polar surface area (TPSA) is 47.0 Å². The summed E-state index contributed by atoms with van der Waals surface area (Å²) in [7, 11) is 0. The molecule has 1 aromatic heterocycles. The molecule has 0 atom stereocenters. The molecular weight excluding hydrogens is 309 g/mol. The Morgan fingerprint density at radius 3 is 2.62 bits per heavy atom. The van der Waals surface area contributed by atoms with Gasteiger partial charge in [-0.25, -0.2) is 4.98 Å². The maximum atomic E-state index is 6.13. The van der Waals surface area contributed by atoms with Gasteiger partial charge in [0.25, 0.3) is 0 Å². The van der Waals surface area contributed by atoms with Gasteiger partial charge in [0, 0.05) is 24.1 Å². The molecule has 0 aliphatic rings. The van der Waals surface area contributed by atoms with E-state index >= 15 is 0 Å². The van der Waals surface area contributed by atoms with Gasteiger partial charge in [-0.3, -0.25) is 0 Å². The van der Waals surface area contributed by atoms with Crippen molar-refractivity contribution in [2.75, 3.05) is 11.9 Å². The van der Waals surface area contributed by atoms with Gasteiger partial charge in [-0.2, -0.15) is 4.98 Å². The lowest BCUT2D eigenvalue weighted by molar-refractivity contribution is 0.455. The van der Waals surface area contributed by atoms with Gasteiger partial charge < -0.3 is 10.1 Å². The number of rotatable bonds is 5. The van der Waals surface area contributed by atoms with Gasteiger partial charge in [0.2, 0.25) is 5.88 Å². The Hall–Kier alpha value is -1.52. The first kappa shape index (κ1) is 15.9. The van der Waals surface area contributed by atoms with Gasteiger partial charge in [0.1, 0.15) is 17.4 Å². The molecule has 0 saturated carbocycles. The van der Waals surface area contributed by atoms with Crippen LogP contribution in [-0.2, 0) is 6.42 Å². The van der Waals surface area contributed by atoms with Crippen LogP contribution in [0, 0.1) is 6.92 Å². The highest BCUT2D eigenvalue weighted by Crippen LogP contribution is 2.33. The van der Waals surface area contributed by atoms with E-state index < -0.39 is 0 Å². The summed E-state index contributed by atoms with van der Waals surface area (Å²) >= 11 is 12.1. The summed E-state index contributed by atoms with van der Waals surface area (Å²) in [6.07, 6.45) is 0.721. The van der Waals surface area contributed by atoms with E-state index in [0.29, 0.717) is 27.5 Å². The molecule has 0 radical (unpaired) electrons. The molecule has 2 rings (SSSR count). The van der Waals surface area contributed by atoms with E-state index in [9.17, 15) is 0 Å². The monoisotopic (exact) mass is 325 g/mol. The normalized spacial score (nSPS) is 10.5. The van der Waals surface area contributed by atoms with Crippen LogP contribution in [0.5, 0.6) is 11.6 Å². The minimum absolute atomic E-state index is 0.482. The number of ether oxygens (including phenoxy) is 1. The van der Waals surface area contributed by atoms with Crippen molar-refractivity contribution in [3.8, 4) is 11.6 Å². The van der Waals surface area contributed by atoms with E-state index in [2.05, 4.69) is 15.3 Å². The van der Waals surface area contributed by atoms with Gasteiger partial charge in [0.05, 0.1) is 10.6 Å². The first-order valence-corrected chi connectivity index (χ1v) is 7.55. The van der Waals surface area contributed by atoms with Crippen molar-refractivity contribution in [2.24, 2.45) is 0 Å². The predicted octanol–water partition coefficient (Wildman–Crippen LogP) is 4.88. The molecule has 0 amide bonds. The first-order valence-electron chi connectivity index (χ1n) is 6.79. The first-order chi connectivity index (χ1) is 10.0. The summed E-state index contributed by atoms with van der Waals surface area (Å²) in [5.41, 5.74) is 0.838. The molecule has 21 heavy (non-hydrogen) atoms. The molecule has 112 valence electrons. The van der Waals surface area contributed by atoms with Crippen molar-refractivity contribution in [3.63, 3.8) is 0 Å². The van der Waals surface area contributed by atoms with Gasteiger partial charge in [0.15, 0.2) is 0 Å². The molecule has 0 aliphatic carbocycles.